The molecular weight excluding hydrogens is 579 g/mol. The molecule has 45 heavy (non-hydrogen) atoms. The van der Waals surface area contributed by atoms with Gasteiger partial charge in [0.25, 0.3) is 0 Å². The molecule has 4 aromatic rings. The third-order valence-electron chi connectivity index (χ3n) is 10.2. The maximum atomic E-state index is 16.9. The Balaban J connectivity index is 1.41. The number of nitrogens with two attached hydrogens (primary N) is 1. The van der Waals surface area contributed by atoms with E-state index in [9.17, 15) is 9.50 Å². The minimum Gasteiger partial charge on any atom is -0.508 e. The monoisotopic (exact) mass is 619 g/mol. The SMILES string of the molecule is CCc1c(F)ccc2cc(O)cc(-c3c(F)cc4c(N5CCCCC(N)CC5)nc(OCC56CCCN5CCC6)nc4c3F)c12. The van der Waals surface area contributed by atoms with Gasteiger partial charge in [0.1, 0.15) is 35.3 Å². The molecule has 0 aliphatic carbocycles. The van der Waals surface area contributed by atoms with E-state index in [2.05, 4.69) is 9.88 Å². The van der Waals surface area contributed by atoms with Crippen LogP contribution in [0.4, 0.5) is 19.0 Å². The molecular formula is C35H40F3N5O2. The van der Waals surface area contributed by atoms with Crippen LogP contribution in [0.5, 0.6) is 11.8 Å². The number of aromatic hydroxyl groups is 1. The van der Waals surface area contributed by atoms with Crippen molar-refractivity contribution in [3.8, 4) is 22.9 Å². The third-order valence-corrected chi connectivity index (χ3v) is 10.2. The van der Waals surface area contributed by atoms with Gasteiger partial charge >= 0.3 is 6.01 Å². The Morgan fingerprint density at radius 1 is 0.956 bits per heavy atom. The van der Waals surface area contributed by atoms with Gasteiger partial charge in [-0.25, -0.2) is 13.2 Å². The zero-order valence-corrected chi connectivity index (χ0v) is 25.7. The van der Waals surface area contributed by atoms with E-state index < -0.39 is 17.5 Å². The van der Waals surface area contributed by atoms with E-state index >= 15 is 8.78 Å². The summed E-state index contributed by atoms with van der Waals surface area (Å²) < 4.78 is 54.5. The van der Waals surface area contributed by atoms with Crippen LogP contribution in [0.2, 0.25) is 0 Å². The fraction of sp³-hybridized carbons (Fsp3) is 0.486. The molecule has 0 amide bonds. The van der Waals surface area contributed by atoms with E-state index in [-0.39, 0.29) is 45.4 Å². The van der Waals surface area contributed by atoms with Crippen LogP contribution in [0.1, 0.15) is 63.9 Å². The highest BCUT2D eigenvalue weighted by molar-refractivity contribution is 6.03. The smallest absolute Gasteiger partial charge is 0.319 e. The lowest BCUT2D eigenvalue weighted by Gasteiger charge is -2.32. The Kier molecular flexibility index (Phi) is 7.98. The van der Waals surface area contributed by atoms with Gasteiger partial charge in [0.05, 0.1) is 11.1 Å². The molecule has 3 aliphatic heterocycles. The van der Waals surface area contributed by atoms with E-state index in [1.807, 2.05) is 4.90 Å². The molecule has 10 heteroatoms. The number of aromatic nitrogens is 2. The molecule has 3 aliphatic rings. The van der Waals surface area contributed by atoms with Gasteiger partial charge in [-0.3, -0.25) is 4.90 Å². The van der Waals surface area contributed by atoms with Crippen LogP contribution in [0, 0.1) is 17.5 Å². The van der Waals surface area contributed by atoms with E-state index in [0.29, 0.717) is 48.3 Å². The lowest BCUT2D eigenvalue weighted by atomic mass is 9.91. The first-order chi connectivity index (χ1) is 21.8. The van der Waals surface area contributed by atoms with Crippen LogP contribution >= 0.6 is 0 Å². The predicted molar refractivity (Wildman–Crippen MR) is 170 cm³/mol. The second-order valence-electron chi connectivity index (χ2n) is 13.0. The summed E-state index contributed by atoms with van der Waals surface area (Å²) >= 11 is 0. The van der Waals surface area contributed by atoms with Crippen LogP contribution in [0.25, 0.3) is 32.8 Å². The van der Waals surface area contributed by atoms with Crippen LogP contribution in [0.15, 0.2) is 30.3 Å². The number of aryl methyl sites for hydroxylation is 1. The van der Waals surface area contributed by atoms with Crippen molar-refractivity contribution in [2.45, 2.75) is 76.3 Å². The Hall–Kier alpha value is -3.63. The maximum absolute atomic E-state index is 16.9. The summed E-state index contributed by atoms with van der Waals surface area (Å²) in [4.78, 5) is 13.9. The number of fused-ring (bicyclic) bond motifs is 3. The van der Waals surface area contributed by atoms with E-state index in [0.717, 1.165) is 64.5 Å². The number of rotatable bonds is 6. The Bertz CT molecular complexity index is 1760. The molecule has 0 bridgehead atoms. The van der Waals surface area contributed by atoms with Gasteiger partial charge in [-0.2, -0.15) is 9.97 Å². The summed E-state index contributed by atoms with van der Waals surface area (Å²) in [5, 5.41) is 11.7. The van der Waals surface area contributed by atoms with Crippen molar-refractivity contribution in [2.24, 2.45) is 5.73 Å². The van der Waals surface area contributed by atoms with Gasteiger partial charge in [-0.05, 0) is 111 Å². The number of halogens is 3. The summed E-state index contributed by atoms with van der Waals surface area (Å²) in [7, 11) is 0. The van der Waals surface area contributed by atoms with Crippen molar-refractivity contribution in [1.82, 2.24) is 14.9 Å². The van der Waals surface area contributed by atoms with Crippen LogP contribution in [0.3, 0.4) is 0 Å². The first-order valence-corrected chi connectivity index (χ1v) is 16.3. The molecule has 4 heterocycles. The molecule has 3 aromatic carbocycles. The highest BCUT2D eigenvalue weighted by Gasteiger charge is 2.45. The lowest BCUT2D eigenvalue weighted by molar-refractivity contribution is 0.108. The summed E-state index contributed by atoms with van der Waals surface area (Å²) in [6.45, 7) is 5.51. The average Bonchev–Trinajstić information content (AvgIpc) is 3.59. The third kappa shape index (κ3) is 5.35. The summed E-state index contributed by atoms with van der Waals surface area (Å²) in [6.07, 6.45) is 8.07. The Labute approximate surface area is 261 Å². The average molecular weight is 620 g/mol. The maximum Gasteiger partial charge on any atom is 0.319 e. The van der Waals surface area contributed by atoms with Crippen molar-refractivity contribution in [3.05, 3.63) is 53.3 Å². The molecule has 3 fully saturated rings. The zero-order chi connectivity index (χ0) is 31.3. The summed E-state index contributed by atoms with van der Waals surface area (Å²) in [6, 6.07) is 6.94. The number of nitrogens with zero attached hydrogens (tertiary/aromatic N) is 4. The number of phenols is 1. The lowest BCUT2D eigenvalue weighted by Crippen LogP contribution is -2.43. The molecule has 0 saturated carbocycles. The highest BCUT2D eigenvalue weighted by Crippen LogP contribution is 2.43. The number of ether oxygens (including phenoxy) is 1. The van der Waals surface area contributed by atoms with Gasteiger partial charge in [-0.1, -0.05) is 19.4 Å². The van der Waals surface area contributed by atoms with Gasteiger partial charge in [0.2, 0.25) is 0 Å². The van der Waals surface area contributed by atoms with Gasteiger partial charge < -0.3 is 20.5 Å². The standard InChI is InChI=1S/C35H40F3N5O2/c1-2-24-27(36)9-8-21-17-23(44)18-25(29(21)24)30-28(37)19-26-32(31(30)38)40-34(45-20-35-11-5-14-43(35)15-6-12-35)41-33(26)42-13-4-3-7-22(39)10-16-42/h8-9,17-19,22,44H,2-7,10-16,20,39H2,1H3. The molecule has 1 unspecified atom stereocenters. The fourth-order valence-corrected chi connectivity index (χ4v) is 7.91. The number of phenolic OH excluding ortho intramolecular Hbond substituents is 1. The topological polar surface area (TPSA) is 87.7 Å². The normalized spacial score (nSPS) is 20.5. The van der Waals surface area contributed by atoms with E-state index in [1.165, 1.54) is 30.3 Å². The number of benzene rings is 3. The highest BCUT2D eigenvalue weighted by atomic mass is 19.1. The molecule has 1 aromatic heterocycles. The minimum absolute atomic E-state index is 0.0405. The minimum atomic E-state index is -0.901. The predicted octanol–water partition coefficient (Wildman–Crippen LogP) is 6.85. The van der Waals surface area contributed by atoms with E-state index in [1.54, 1.807) is 6.92 Å². The summed E-state index contributed by atoms with van der Waals surface area (Å²) in [5.41, 5.74) is 6.20. The van der Waals surface area contributed by atoms with Crippen LogP contribution < -0.4 is 15.4 Å². The Morgan fingerprint density at radius 2 is 1.76 bits per heavy atom. The quantitative estimate of drug-likeness (QED) is 0.244. The second kappa shape index (κ2) is 11.9. The largest absolute Gasteiger partial charge is 0.508 e. The van der Waals surface area contributed by atoms with Crippen molar-refractivity contribution in [1.29, 1.82) is 0 Å². The van der Waals surface area contributed by atoms with Crippen LogP contribution in [-0.2, 0) is 6.42 Å². The molecule has 238 valence electrons. The van der Waals surface area contributed by atoms with Crippen molar-refractivity contribution in [3.63, 3.8) is 0 Å². The van der Waals surface area contributed by atoms with Crippen molar-refractivity contribution < 1.29 is 23.0 Å². The molecule has 3 N–H and O–H groups in total. The van der Waals surface area contributed by atoms with Gasteiger partial charge in [0.15, 0.2) is 5.82 Å². The van der Waals surface area contributed by atoms with E-state index in [4.69, 9.17) is 15.5 Å². The summed E-state index contributed by atoms with van der Waals surface area (Å²) in [5.74, 6) is -1.97. The van der Waals surface area contributed by atoms with Crippen molar-refractivity contribution >= 4 is 27.5 Å². The molecule has 0 radical (unpaired) electrons. The van der Waals surface area contributed by atoms with Crippen LogP contribution in [-0.4, -0.2) is 64.3 Å². The number of hydrogen-bond donors (Lipinski definition) is 2. The Morgan fingerprint density at radius 3 is 2.53 bits per heavy atom. The molecule has 7 nitrogen and oxygen atoms in total. The van der Waals surface area contributed by atoms with Crippen molar-refractivity contribution in [2.75, 3.05) is 37.7 Å². The molecule has 1 atom stereocenters. The first-order valence-electron chi connectivity index (χ1n) is 16.3. The van der Waals surface area contributed by atoms with Gasteiger partial charge in [-0.15, -0.1) is 0 Å². The molecule has 7 rings (SSSR count). The van der Waals surface area contributed by atoms with Gasteiger partial charge in [0, 0.05) is 24.5 Å². The molecule has 0 spiro atoms. The first kappa shape index (κ1) is 30.0. The zero-order valence-electron chi connectivity index (χ0n) is 25.7. The fourth-order valence-electron chi connectivity index (χ4n) is 7.91. The number of anilines is 1. The molecule has 3 saturated heterocycles. The second-order valence-corrected chi connectivity index (χ2v) is 13.0. The number of hydrogen-bond acceptors (Lipinski definition) is 7.